The van der Waals surface area contributed by atoms with Crippen molar-refractivity contribution in [3.63, 3.8) is 0 Å². The van der Waals surface area contributed by atoms with Gasteiger partial charge in [0.1, 0.15) is 17.3 Å². The maximum atomic E-state index is 6.62. The van der Waals surface area contributed by atoms with Crippen molar-refractivity contribution in [1.29, 1.82) is 0 Å². The quantitative estimate of drug-likeness (QED) is 0.188. The number of hydrogen-bond acceptors (Lipinski definition) is 3. The molecule has 3 heterocycles. The molecule has 0 atom stereocenters. The van der Waals surface area contributed by atoms with Gasteiger partial charge in [-0.15, -0.1) is 0 Å². The molecule has 8 rings (SSSR count). The molecule has 47 heavy (non-hydrogen) atoms. The summed E-state index contributed by atoms with van der Waals surface area (Å²) >= 11 is 0. The Morgan fingerprint density at radius 1 is 0.553 bits per heavy atom. The summed E-state index contributed by atoms with van der Waals surface area (Å²) in [5, 5.41) is 7.26. The second-order valence-corrected chi connectivity index (χ2v) is 12.2. The third-order valence-corrected chi connectivity index (χ3v) is 8.84. The highest BCUT2D eigenvalue weighted by molar-refractivity contribution is 6.10. The third kappa shape index (κ3) is 5.16. The predicted octanol–water partition coefficient (Wildman–Crippen LogP) is 10.7. The van der Waals surface area contributed by atoms with Gasteiger partial charge >= 0.3 is 0 Å². The summed E-state index contributed by atoms with van der Waals surface area (Å²) in [6, 6.07) is 44.4. The number of fused-ring (bicyclic) bond motifs is 3. The van der Waals surface area contributed by atoms with Crippen LogP contribution < -0.4 is 4.74 Å². The van der Waals surface area contributed by atoms with E-state index in [1.54, 1.807) is 0 Å². The van der Waals surface area contributed by atoms with Crippen molar-refractivity contribution in [2.45, 2.75) is 27.7 Å². The molecule has 0 saturated heterocycles. The predicted molar refractivity (Wildman–Crippen MR) is 192 cm³/mol. The maximum absolute atomic E-state index is 6.62. The minimum absolute atomic E-state index is 0.757. The molecule has 228 valence electrons. The highest BCUT2D eigenvalue weighted by Crippen LogP contribution is 2.38. The van der Waals surface area contributed by atoms with Crippen LogP contribution in [-0.4, -0.2) is 19.3 Å². The lowest BCUT2D eigenvalue weighted by atomic mass is 10.0. The second-order valence-electron chi connectivity index (χ2n) is 12.2. The lowest BCUT2D eigenvalue weighted by Gasteiger charge is -2.12. The van der Waals surface area contributed by atoms with Gasteiger partial charge in [0.2, 0.25) is 0 Å². The van der Waals surface area contributed by atoms with Gasteiger partial charge in [-0.25, -0.2) is 9.67 Å². The first-order valence-electron chi connectivity index (χ1n) is 15.9. The molecule has 8 aromatic rings. The third-order valence-electron chi connectivity index (χ3n) is 8.84. The first-order chi connectivity index (χ1) is 22.9. The van der Waals surface area contributed by atoms with Crippen molar-refractivity contribution < 1.29 is 4.74 Å². The molecular weight excluding hydrogens is 576 g/mol. The molecule has 5 heteroatoms. The standard InChI is InChI=1S/C42H34N4O/c1-27-19-20-43-41(23-27)45-39-18-15-33(31-11-7-5-8-12-31)24-38(39)37-17-16-35(26-40(37)45)47-36-22-28(2)21-34(25-36)46-30(4)42(29(3)44-46)32-13-9-6-10-14-32/h5-26H,1-4H3. The van der Waals surface area contributed by atoms with Crippen molar-refractivity contribution in [2.24, 2.45) is 0 Å². The Bertz CT molecular complexity index is 2420. The lowest BCUT2D eigenvalue weighted by molar-refractivity contribution is 0.482. The summed E-state index contributed by atoms with van der Waals surface area (Å²) in [5.74, 6) is 2.40. The van der Waals surface area contributed by atoms with Crippen LogP contribution in [0.2, 0.25) is 0 Å². The van der Waals surface area contributed by atoms with Gasteiger partial charge in [-0.2, -0.15) is 5.10 Å². The first-order valence-corrected chi connectivity index (χ1v) is 15.9. The normalized spacial score (nSPS) is 11.4. The van der Waals surface area contributed by atoms with Crippen LogP contribution in [0, 0.1) is 27.7 Å². The largest absolute Gasteiger partial charge is 0.457 e. The monoisotopic (exact) mass is 610 g/mol. The maximum Gasteiger partial charge on any atom is 0.137 e. The number of rotatable bonds is 6. The van der Waals surface area contributed by atoms with Crippen LogP contribution in [0.3, 0.4) is 0 Å². The van der Waals surface area contributed by atoms with E-state index in [0.717, 1.165) is 67.5 Å². The van der Waals surface area contributed by atoms with E-state index >= 15 is 0 Å². The van der Waals surface area contributed by atoms with E-state index < -0.39 is 0 Å². The Morgan fingerprint density at radius 2 is 1.32 bits per heavy atom. The number of benzene rings is 5. The minimum Gasteiger partial charge on any atom is -0.457 e. The highest BCUT2D eigenvalue weighted by atomic mass is 16.5. The van der Waals surface area contributed by atoms with Gasteiger partial charge in [0.05, 0.1) is 22.4 Å². The molecular formula is C42H34N4O. The van der Waals surface area contributed by atoms with Crippen LogP contribution >= 0.6 is 0 Å². The summed E-state index contributed by atoms with van der Waals surface area (Å²) in [6.07, 6.45) is 1.87. The minimum atomic E-state index is 0.757. The van der Waals surface area contributed by atoms with Gasteiger partial charge in [-0.05, 0) is 104 Å². The fraction of sp³-hybridized carbons (Fsp3) is 0.0952. The van der Waals surface area contributed by atoms with Crippen LogP contribution in [0.4, 0.5) is 0 Å². The smallest absolute Gasteiger partial charge is 0.137 e. The van der Waals surface area contributed by atoms with Crippen LogP contribution in [0.1, 0.15) is 22.5 Å². The van der Waals surface area contributed by atoms with E-state index in [1.807, 2.05) is 23.0 Å². The molecule has 0 spiro atoms. The molecule has 0 aliphatic heterocycles. The van der Waals surface area contributed by atoms with Crippen molar-refractivity contribution in [1.82, 2.24) is 19.3 Å². The zero-order valence-corrected chi connectivity index (χ0v) is 26.9. The zero-order valence-electron chi connectivity index (χ0n) is 26.9. The summed E-state index contributed by atoms with van der Waals surface area (Å²) < 4.78 is 10.9. The van der Waals surface area contributed by atoms with Crippen LogP contribution in [-0.2, 0) is 0 Å². The Kier molecular flexibility index (Phi) is 6.95. The zero-order chi connectivity index (χ0) is 32.1. The average Bonchev–Trinajstić information content (AvgIpc) is 3.57. The van der Waals surface area contributed by atoms with Crippen LogP contribution in [0.15, 0.2) is 134 Å². The van der Waals surface area contributed by atoms with Gasteiger partial charge in [0.15, 0.2) is 0 Å². The van der Waals surface area contributed by atoms with Crippen molar-refractivity contribution in [3.8, 4) is 45.3 Å². The van der Waals surface area contributed by atoms with Crippen molar-refractivity contribution in [3.05, 3.63) is 156 Å². The molecule has 0 saturated carbocycles. The van der Waals surface area contributed by atoms with Gasteiger partial charge in [0, 0.05) is 40.4 Å². The van der Waals surface area contributed by atoms with Crippen molar-refractivity contribution >= 4 is 21.8 Å². The molecule has 5 nitrogen and oxygen atoms in total. The molecule has 5 aromatic carbocycles. The van der Waals surface area contributed by atoms with E-state index in [-0.39, 0.29) is 0 Å². The molecule has 0 aliphatic carbocycles. The molecule has 0 N–H and O–H groups in total. The average molecular weight is 611 g/mol. The molecule has 0 aliphatic rings. The van der Waals surface area contributed by atoms with Gasteiger partial charge < -0.3 is 4.74 Å². The van der Waals surface area contributed by atoms with Gasteiger partial charge in [0.25, 0.3) is 0 Å². The Morgan fingerprint density at radius 3 is 2.09 bits per heavy atom. The van der Waals surface area contributed by atoms with Gasteiger partial charge in [-0.3, -0.25) is 4.57 Å². The molecule has 0 bridgehead atoms. The van der Waals surface area contributed by atoms with E-state index in [1.165, 1.54) is 22.1 Å². The number of aromatic nitrogens is 4. The van der Waals surface area contributed by atoms with Crippen molar-refractivity contribution in [2.75, 3.05) is 0 Å². The SMILES string of the molecule is Cc1cc(Oc2ccc3c4cc(-c5ccccc5)ccc4n(-c4cc(C)ccn4)c3c2)cc(-n2nc(C)c(-c3ccccc3)c2C)c1. The fourth-order valence-corrected chi connectivity index (χ4v) is 6.73. The molecule has 0 amide bonds. The Labute approximate surface area is 274 Å². The Balaban J connectivity index is 1.23. The fourth-order valence-electron chi connectivity index (χ4n) is 6.73. The summed E-state index contributed by atoms with van der Waals surface area (Å²) in [6.45, 7) is 8.39. The first kappa shape index (κ1) is 28.5. The Hall–Kier alpha value is -5.94. The van der Waals surface area contributed by atoms with E-state index in [0.29, 0.717) is 0 Å². The topological polar surface area (TPSA) is 44.9 Å². The van der Waals surface area contributed by atoms with E-state index in [4.69, 9.17) is 14.8 Å². The lowest BCUT2D eigenvalue weighted by Crippen LogP contribution is -2.00. The number of aryl methyl sites for hydroxylation is 3. The summed E-state index contributed by atoms with van der Waals surface area (Å²) in [5.41, 5.74) is 12.2. The highest BCUT2D eigenvalue weighted by Gasteiger charge is 2.18. The van der Waals surface area contributed by atoms with E-state index in [9.17, 15) is 0 Å². The number of nitrogens with zero attached hydrogens (tertiary/aromatic N) is 4. The van der Waals surface area contributed by atoms with Crippen LogP contribution in [0.5, 0.6) is 11.5 Å². The molecule has 3 aromatic heterocycles. The van der Waals surface area contributed by atoms with E-state index in [2.05, 4.69) is 148 Å². The molecule has 0 radical (unpaired) electrons. The second kappa shape index (κ2) is 11.5. The van der Waals surface area contributed by atoms with Crippen LogP contribution in [0.25, 0.3) is 55.6 Å². The van der Waals surface area contributed by atoms with Gasteiger partial charge in [-0.1, -0.05) is 66.7 Å². The molecule has 0 fully saturated rings. The summed E-state index contributed by atoms with van der Waals surface area (Å²) in [4.78, 5) is 4.78. The number of pyridine rings is 1. The number of ether oxygens (including phenoxy) is 1. The summed E-state index contributed by atoms with van der Waals surface area (Å²) in [7, 11) is 0. The number of hydrogen-bond donors (Lipinski definition) is 0. The molecule has 0 unspecified atom stereocenters.